The van der Waals surface area contributed by atoms with Gasteiger partial charge >= 0.3 is 18.5 Å². The minimum atomic E-state index is -4.23. The van der Waals surface area contributed by atoms with Crippen LogP contribution in [0, 0.1) is 11.3 Å². The molecule has 3 fully saturated rings. The fraction of sp³-hybridized carbons (Fsp3) is 0.926. The molecule has 0 aromatic carbocycles. The van der Waals surface area contributed by atoms with Crippen molar-refractivity contribution in [2.75, 3.05) is 26.2 Å². The molecule has 3 aliphatic carbocycles. The molecule has 0 bridgehead atoms. The maximum Gasteiger partial charge on any atom is 0.401 e. The van der Waals surface area contributed by atoms with Crippen LogP contribution in [0.1, 0.15) is 104 Å². The number of carbonyl (C=O) groups is 1. The van der Waals surface area contributed by atoms with Crippen LogP contribution in [0.2, 0.25) is 0 Å². The molecule has 0 heterocycles. The highest BCUT2D eigenvalue weighted by Crippen LogP contribution is 2.29. The van der Waals surface area contributed by atoms with Crippen molar-refractivity contribution in [2.24, 2.45) is 11.5 Å². The maximum absolute atomic E-state index is 12.0. The summed E-state index contributed by atoms with van der Waals surface area (Å²) in [6.45, 7) is -2.93. The Labute approximate surface area is 243 Å². The minimum Gasteiger partial charge on any atom is -0.329 e. The molecule has 3 aliphatic rings. The van der Waals surface area contributed by atoms with E-state index >= 15 is 0 Å². The summed E-state index contributed by atoms with van der Waals surface area (Å²) < 4.78 is 104. The molecule has 3 saturated carbocycles. The Kier molecular flexibility index (Phi) is 20.6. The predicted octanol–water partition coefficient (Wildman–Crippen LogP) is 6.83. The van der Waals surface area contributed by atoms with Gasteiger partial charge in [0.2, 0.25) is 0 Å². The average Bonchev–Trinajstić information content (AvgIpc) is 2.92. The molecule has 0 amide bonds. The molecule has 0 spiro atoms. The number of carbonyl (C=O) groups excluding carboxylic acids is 1. The van der Waals surface area contributed by atoms with Gasteiger partial charge in [0.1, 0.15) is 11.3 Å². The zero-order valence-electron chi connectivity index (χ0n) is 23.3. The first kappa shape index (κ1) is 42.5. The number of nitriles is 1. The third-order valence-corrected chi connectivity index (χ3v) is 7.06. The minimum absolute atomic E-state index is 0. The van der Waals surface area contributed by atoms with Gasteiger partial charge in [-0.15, -0.1) is 0 Å². The normalized spacial score (nSPS) is 20.1. The zero-order valence-corrected chi connectivity index (χ0v) is 23.3. The Morgan fingerprint density at radius 1 is 0.667 bits per heavy atom. The summed E-state index contributed by atoms with van der Waals surface area (Å²) in [5.74, 6) is 0.464. The number of nitrogens with two attached hydrogens (primary N) is 2. The summed E-state index contributed by atoms with van der Waals surface area (Å²) in [7, 11) is 0. The lowest BCUT2D eigenvalue weighted by atomic mass is 9.82. The molecule has 6 N–H and O–H groups in total. The highest BCUT2D eigenvalue weighted by atomic mass is 19.4. The van der Waals surface area contributed by atoms with Crippen LogP contribution in [-0.2, 0) is 4.79 Å². The third kappa shape index (κ3) is 22.0. The lowest BCUT2D eigenvalue weighted by molar-refractivity contribution is -0.129. The standard InChI is InChI=1S/C9H17F3N2.C9H13F3N2.C6H10O.C2H4F3N.CH4/c2*10-9(11,12)7-14-8(6-13)4-2-1-3-5-8;7-6-4-2-1-3-5-6;3-2(4,5)1-6;/h14H,1-7,13H2;14H,1-5,7H2;1-5H2;1,6H2;1H4. The Hall–Kier alpha value is -1.63. The first-order valence-electron chi connectivity index (χ1n) is 13.9. The van der Waals surface area contributed by atoms with E-state index in [0.29, 0.717) is 25.2 Å². The lowest BCUT2D eigenvalue weighted by Crippen LogP contribution is -2.54. The second-order valence-electron chi connectivity index (χ2n) is 10.7. The van der Waals surface area contributed by atoms with Gasteiger partial charge in [-0.3, -0.25) is 10.1 Å². The molecule has 0 aliphatic heterocycles. The van der Waals surface area contributed by atoms with E-state index < -0.39 is 49.2 Å². The predicted molar refractivity (Wildman–Crippen MR) is 144 cm³/mol. The van der Waals surface area contributed by atoms with E-state index in [2.05, 4.69) is 16.4 Å². The first-order valence-corrected chi connectivity index (χ1v) is 13.9. The quantitative estimate of drug-likeness (QED) is 0.248. The van der Waals surface area contributed by atoms with Crippen LogP contribution in [-0.4, -0.2) is 61.6 Å². The van der Waals surface area contributed by atoms with E-state index in [-0.39, 0.29) is 7.43 Å². The third-order valence-electron chi connectivity index (χ3n) is 7.06. The van der Waals surface area contributed by atoms with E-state index in [0.717, 1.165) is 77.0 Å². The summed E-state index contributed by atoms with van der Waals surface area (Å²) in [6, 6.07) is 1.98. The van der Waals surface area contributed by atoms with Crippen LogP contribution in [0.4, 0.5) is 39.5 Å². The number of alkyl halides is 9. The number of ketones is 1. The monoisotopic (exact) mass is 629 g/mol. The molecular weight excluding hydrogens is 581 g/mol. The van der Waals surface area contributed by atoms with Crippen molar-refractivity contribution in [2.45, 2.75) is 133 Å². The number of hydrogen-bond donors (Lipinski definition) is 4. The number of hydrogen-bond acceptors (Lipinski definition) is 6. The van der Waals surface area contributed by atoms with Gasteiger partial charge in [0.25, 0.3) is 0 Å². The lowest BCUT2D eigenvalue weighted by Gasteiger charge is -2.37. The van der Waals surface area contributed by atoms with Crippen LogP contribution in [0.25, 0.3) is 0 Å². The molecule has 250 valence electrons. The number of Topliss-reactive ketones (excluding diaryl/α,β-unsaturated/α-hetero) is 1. The van der Waals surface area contributed by atoms with Gasteiger partial charge in [0.05, 0.1) is 25.7 Å². The average molecular weight is 630 g/mol. The zero-order chi connectivity index (χ0) is 31.6. The summed E-state index contributed by atoms with van der Waals surface area (Å²) in [6.07, 6.45) is 0.996. The number of rotatable bonds is 5. The van der Waals surface area contributed by atoms with Crippen molar-refractivity contribution < 1.29 is 44.3 Å². The molecule has 3 rings (SSSR count). The van der Waals surface area contributed by atoms with Gasteiger partial charge in [0, 0.05) is 24.9 Å². The van der Waals surface area contributed by atoms with Crippen molar-refractivity contribution in [3.05, 3.63) is 0 Å². The van der Waals surface area contributed by atoms with Crippen LogP contribution in [0.5, 0.6) is 0 Å². The molecule has 0 saturated heterocycles. The van der Waals surface area contributed by atoms with Crippen LogP contribution < -0.4 is 22.1 Å². The maximum atomic E-state index is 12.0. The van der Waals surface area contributed by atoms with E-state index in [1.54, 1.807) is 0 Å². The van der Waals surface area contributed by atoms with Gasteiger partial charge in [-0.2, -0.15) is 44.8 Å². The second-order valence-corrected chi connectivity index (χ2v) is 10.7. The van der Waals surface area contributed by atoms with Gasteiger partial charge in [-0.1, -0.05) is 52.4 Å². The molecule has 0 atom stereocenters. The van der Waals surface area contributed by atoms with Gasteiger partial charge in [-0.25, -0.2) is 0 Å². The van der Waals surface area contributed by atoms with Crippen molar-refractivity contribution >= 4 is 5.78 Å². The summed E-state index contributed by atoms with van der Waals surface area (Å²) in [5.41, 5.74) is 8.32. The van der Waals surface area contributed by atoms with Crippen LogP contribution >= 0.6 is 0 Å². The Balaban J connectivity index is 0. The molecular formula is C27H48F9N5O. The fourth-order valence-electron chi connectivity index (χ4n) is 4.67. The smallest absolute Gasteiger partial charge is 0.329 e. The molecule has 15 heteroatoms. The largest absolute Gasteiger partial charge is 0.401 e. The Morgan fingerprint density at radius 3 is 1.36 bits per heavy atom. The molecule has 0 aromatic rings. The van der Waals surface area contributed by atoms with Crippen molar-refractivity contribution in [1.82, 2.24) is 10.6 Å². The SMILES string of the molecule is C.N#CC1(NCC(F)(F)F)CCCCC1.NCC(F)(F)F.NCC1(NCC(F)(F)F)CCCCC1.O=C1CCCCC1. The fourth-order valence-corrected chi connectivity index (χ4v) is 4.67. The molecule has 0 unspecified atom stereocenters. The van der Waals surface area contributed by atoms with Gasteiger partial charge < -0.3 is 16.8 Å². The van der Waals surface area contributed by atoms with Crippen molar-refractivity contribution in [1.29, 1.82) is 5.26 Å². The highest BCUT2D eigenvalue weighted by molar-refractivity contribution is 5.78. The molecule has 6 nitrogen and oxygen atoms in total. The second kappa shape index (κ2) is 20.3. The van der Waals surface area contributed by atoms with Gasteiger partial charge in [-0.05, 0) is 38.5 Å². The Bertz CT molecular complexity index is 745. The number of nitrogens with zero attached hydrogens (tertiary/aromatic N) is 1. The van der Waals surface area contributed by atoms with Crippen LogP contribution in [0.3, 0.4) is 0 Å². The number of halogens is 9. The first-order chi connectivity index (χ1) is 18.9. The van der Waals surface area contributed by atoms with Gasteiger partial charge in [0.15, 0.2) is 0 Å². The Morgan fingerprint density at radius 2 is 1.05 bits per heavy atom. The summed E-state index contributed by atoms with van der Waals surface area (Å²) in [4.78, 5) is 10.5. The van der Waals surface area contributed by atoms with E-state index in [1.807, 2.05) is 6.07 Å². The molecule has 0 radical (unpaired) electrons. The summed E-state index contributed by atoms with van der Waals surface area (Å²) >= 11 is 0. The highest BCUT2D eigenvalue weighted by Gasteiger charge is 2.37. The van der Waals surface area contributed by atoms with Crippen molar-refractivity contribution in [3.8, 4) is 6.07 Å². The van der Waals surface area contributed by atoms with E-state index in [9.17, 15) is 44.3 Å². The molecule has 42 heavy (non-hydrogen) atoms. The topological polar surface area (TPSA) is 117 Å². The van der Waals surface area contributed by atoms with E-state index in [4.69, 9.17) is 11.0 Å². The summed E-state index contributed by atoms with van der Waals surface area (Å²) in [5, 5.41) is 13.8. The van der Waals surface area contributed by atoms with E-state index in [1.165, 1.54) is 6.42 Å². The van der Waals surface area contributed by atoms with Crippen LogP contribution in [0.15, 0.2) is 0 Å². The number of nitrogens with one attached hydrogen (secondary N) is 2. The molecule has 0 aromatic heterocycles. The van der Waals surface area contributed by atoms with Crippen molar-refractivity contribution in [3.63, 3.8) is 0 Å².